The van der Waals surface area contributed by atoms with Crippen molar-refractivity contribution in [2.75, 3.05) is 6.61 Å². The van der Waals surface area contributed by atoms with Gasteiger partial charge in [-0.05, 0) is 62.3 Å². The number of alkyl halides is 1. The van der Waals surface area contributed by atoms with Gasteiger partial charge in [0.15, 0.2) is 0 Å². The van der Waals surface area contributed by atoms with Gasteiger partial charge < -0.3 is 9.15 Å². The van der Waals surface area contributed by atoms with E-state index in [0.717, 1.165) is 30.4 Å². The molecule has 2 aromatic heterocycles. The van der Waals surface area contributed by atoms with Crippen LogP contribution >= 0.6 is 11.6 Å². The lowest BCUT2D eigenvalue weighted by Gasteiger charge is -2.29. The average Bonchev–Trinajstić information content (AvgIpc) is 3.01. The summed E-state index contributed by atoms with van der Waals surface area (Å²) in [5.74, 6) is 1.28. The molecule has 2 nitrogen and oxygen atoms in total. The second-order valence-corrected chi connectivity index (χ2v) is 7.11. The molecule has 0 radical (unpaired) electrons. The van der Waals surface area contributed by atoms with E-state index in [9.17, 15) is 0 Å². The van der Waals surface area contributed by atoms with Crippen LogP contribution in [0.3, 0.4) is 0 Å². The van der Waals surface area contributed by atoms with Crippen LogP contribution < -0.4 is 0 Å². The molecule has 0 aromatic carbocycles. The molecule has 2 heterocycles. The van der Waals surface area contributed by atoms with E-state index < -0.39 is 5.06 Å². The first-order valence-electron chi connectivity index (χ1n) is 7.95. The number of rotatable bonds is 7. The maximum atomic E-state index is 6.46. The highest BCUT2D eigenvalue weighted by molar-refractivity contribution is 6.22. The maximum absolute atomic E-state index is 6.46. The Morgan fingerprint density at radius 2 is 1.57 bits per heavy atom. The first kappa shape index (κ1) is 18.3. The summed E-state index contributed by atoms with van der Waals surface area (Å²) in [6.45, 7) is 11.5. The Morgan fingerprint density at radius 1 is 1.05 bits per heavy atom. The summed E-state index contributed by atoms with van der Waals surface area (Å²) < 4.78 is 10.7. The molecule has 0 fully saturated rings. The van der Waals surface area contributed by atoms with E-state index in [1.807, 2.05) is 31.2 Å². The first-order valence-corrected chi connectivity index (χ1v) is 8.33. The fourth-order valence-corrected chi connectivity index (χ4v) is 2.84. The molecule has 0 N–H and O–H groups in total. The Morgan fingerprint density at radius 3 is 1.86 bits per heavy atom. The van der Waals surface area contributed by atoms with Crippen LogP contribution in [0.1, 0.15) is 53.9 Å². The van der Waals surface area contributed by atoms with Crippen LogP contribution in [0.25, 0.3) is 11.2 Å². The van der Waals surface area contributed by atoms with Crippen molar-refractivity contribution in [2.45, 2.75) is 58.9 Å². The van der Waals surface area contributed by atoms with Crippen LogP contribution in [-0.2, 0) is 4.74 Å². The zero-order valence-corrected chi connectivity index (χ0v) is 14.7. The molecule has 3 heteroatoms. The summed E-state index contributed by atoms with van der Waals surface area (Å²) >= 11 is 6.46. The molecule has 0 spiro atoms. The number of halogens is 1. The topological polar surface area (TPSA) is 22.4 Å². The first-order chi connectivity index (χ1) is 9.84. The average molecular weight is 313 g/mol. The Bertz CT molecular complexity index is 432. The summed E-state index contributed by atoms with van der Waals surface area (Å²) in [4.78, 5) is 0. The van der Waals surface area contributed by atoms with Gasteiger partial charge in [0.1, 0.15) is 16.2 Å². The molecule has 2 rings (SSSR count). The summed E-state index contributed by atoms with van der Waals surface area (Å²) in [6.07, 6.45) is 3.03. The lowest BCUT2D eigenvalue weighted by molar-refractivity contribution is 0.00326. The van der Waals surface area contributed by atoms with Gasteiger partial charge in [0.25, 0.3) is 0 Å². The van der Waals surface area contributed by atoms with E-state index in [1.54, 1.807) is 0 Å². The number of benzene rings is 1. The third kappa shape index (κ3) is 7.19. The van der Waals surface area contributed by atoms with Crippen molar-refractivity contribution in [1.82, 2.24) is 0 Å². The fourth-order valence-electron chi connectivity index (χ4n) is 2.32. The van der Waals surface area contributed by atoms with Crippen molar-refractivity contribution in [3.63, 3.8) is 0 Å². The van der Waals surface area contributed by atoms with Crippen molar-refractivity contribution in [1.29, 1.82) is 0 Å². The lowest BCUT2D eigenvalue weighted by Crippen LogP contribution is -2.28. The van der Waals surface area contributed by atoms with Crippen molar-refractivity contribution in [3.8, 4) is 0 Å². The Hall–Kier alpha value is -0.730. The van der Waals surface area contributed by atoms with Crippen LogP contribution in [0, 0.1) is 11.8 Å². The van der Waals surface area contributed by atoms with Gasteiger partial charge in [-0.25, -0.2) is 0 Å². The van der Waals surface area contributed by atoms with Crippen LogP contribution in [0.5, 0.6) is 0 Å². The van der Waals surface area contributed by atoms with Gasteiger partial charge in [0.2, 0.25) is 0 Å². The molecule has 0 aliphatic rings. The molecule has 0 saturated carbocycles. The normalized spacial score (nSPS) is 14.5. The molecule has 120 valence electrons. The summed E-state index contributed by atoms with van der Waals surface area (Å²) in [7, 11) is 0. The standard InChI is InChI=1S/C12H25ClO.C6H4O/c1-6-14-12(13,9-11(4)5)8-7-10(2)3;1-2-6-4-3-5(1)7-6/h10-11H,6-9H2,1-5H3;1-4H. The Balaban J connectivity index is 0.000000255. The fraction of sp³-hybridized carbons (Fsp3) is 0.667. The van der Waals surface area contributed by atoms with Crippen molar-refractivity contribution < 1.29 is 9.15 Å². The van der Waals surface area contributed by atoms with Gasteiger partial charge in [-0.1, -0.05) is 39.3 Å². The van der Waals surface area contributed by atoms with Gasteiger partial charge >= 0.3 is 0 Å². The van der Waals surface area contributed by atoms with Crippen LogP contribution in [0.15, 0.2) is 28.7 Å². The van der Waals surface area contributed by atoms with E-state index in [4.69, 9.17) is 20.8 Å². The van der Waals surface area contributed by atoms with Gasteiger partial charge in [-0.3, -0.25) is 0 Å². The molecule has 0 aliphatic heterocycles. The third-order valence-electron chi connectivity index (χ3n) is 3.27. The highest BCUT2D eigenvalue weighted by Crippen LogP contribution is 2.32. The number of fused-ring (bicyclic) bond motifs is 2. The van der Waals surface area contributed by atoms with Crippen molar-refractivity contribution in [3.05, 3.63) is 24.3 Å². The number of furan rings is 2. The maximum Gasteiger partial charge on any atom is 0.142 e. The molecular weight excluding hydrogens is 284 g/mol. The zero-order valence-electron chi connectivity index (χ0n) is 14.0. The Kier molecular flexibility index (Phi) is 7.55. The largest absolute Gasteiger partial charge is 0.457 e. The van der Waals surface area contributed by atoms with Gasteiger partial charge in [-0.2, -0.15) is 0 Å². The van der Waals surface area contributed by atoms with E-state index in [2.05, 4.69) is 27.7 Å². The van der Waals surface area contributed by atoms with Gasteiger partial charge in [0.05, 0.1) is 0 Å². The predicted molar refractivity (Wildman–Crippen MR) is 91.1 cm³/mol. The van der Waals surface area contributed by atoms with E-state index >= 15 is 0 Å². The summed E-state index contributed by atoms with van der Waals surface area (Å²) in [5, 5.41) is -0.423. The highest BCUT2D eigenvalue weighted by atomic mass is 35.5. The number of ether oxygens (including phenoxy) is 1. The number of hydrogen-bond donors (Lipinski definition) is 0. The SMILES string of the molecule is CCOC(Cl)(CCC(C)C)CC(C)C.c1cc2ccc1o2. The van der Waals surface area contributed by atoms with Crippen LogP contribution in [0.4, 0.5) is 0 Å². The minimum Gasteiger partial charge on any atom is -0.457 e. The molecule has 21 heavy (non-hydrogen) atoms. The monoisotopic (exact) mass is 312 g/mol. The van der Waals surface area contributed by atoms with Crippen LogP contribution in [-0.4, -0.2) is 11.7 Å². The molecule has 1 unspecified atom stereocenters. The van der Waals surface area contributed by atoms with Crippen molar-refractivity contribution >= 4 is 22.8 Å². The van der Waals surface area contributed by atoms with E-state index in [0.29, 0.717) is 18.4 Å². The molecule has 2 bridgehead atoms. The van der Waals surface area contributed by atoms with Crippen molar-refractivity contribution in [2.24, 2.45) is 11.8 Å². The minimum absolute atomic E-state index is 0.423. The second kappa shape index (κ2) is 8.65. The van der Waals surface area contributed by atoms with E-state index in [-0.39, 0.29) is 0 Å². The quantitative estimate of drug-likeness (QED) is 0.559. The molecular formula is C18H29ClO2. The van der Waals surface area contributed by atoms with Gasteiger partial charge in [0, 0.05) is 6.61 Å². The molecule has 0 saturated heterocycles. The molecule has 1 atom stereocenters. The molecule has 0 aliphatic carbocycles. The summed E-state index contributed by atoms with van der Waals surface area (Å²) in [5.41, 5.74) is 1.94. The lowest BCUT2D eigenvalue weighted by atomic mass is 9.98. The molecule has 2 aromatic rings. The molecule has 0 amide bonds. The smallest absolute Gasteiger partial charge is 0.142 e. The highest BCUT2D eigenvalue weighted by Gasteiger charge is 2.28. The van der Waals surface area contributed by atoms with Gasteiger partial charge in [-0.15, -0.1) is 0 Å². The van der Waals surface area contributed by atoms with Crippen LogP contribution in [0.2, 0.25) is 0 Å². The zero-order chi connectivity index (χ0) is 15.9. The van der Waals surface area contributed by atoms with E-state index in [1.165, 1.54) is 0 Å². The summed E-state index contributed by atoms with van der Waals surface area (Å²) in [6, 6.07) is 7.81. The number of hydrogen-bond acceptors (Lipinski definition) is 2. The minimum atomic E-state index is -0.423. The second-order valence-electron chi connectivity index (χ2n) is 6.42. The predicted octanol–water partition coefficient (Wildman–Crippen LogP) is 6.31. The third-order valence-corrected chi connectivity index (χ3v) is 3.72. The Labute approximate surface area is 134 Å².